The molecule has 2 aromatic carbocycles. The summed E-state index contributed by atoms with van der Waals surface area (Å²) in [6, 6.07) is 10.3. The summed E-state index contributed by atoms with van der Waals surface area (Å²) in [6.07, 6.45) is 3.95. The molecule has 1 aliphatic carbocycles. The number of benzene rings is 2. The van der Waals surface area contributed by atoms with Gasteiger partial charge in [-0.05, 0) is 67.9 Å². The highest BCUT2D eigenvalue weighted by molar-refractivity contribution is 9.10. The summed E-state index contributed by atoms with van der Waals surface area (Å²) in [5.74, 6) is 1.75. The van der Waals surface area contributed by atoms with Crippen molar-refractivity contribution in [2.45, 2.75) is 66.1 Å². The lowest BCUT2D eigenvalue weighted by atomic mass is 9.72. The van der Waals surface area contributed by atoms with Crippen LogP contribution in [0, 0.1) is 31.6 Å². The molecule has 0 N–H and O–H groups in total. The first-order valence-corrected chi connectivity index (χ1v) is 11.9. The van der Waals surface area contributed by atoms with Crippen molar-refractivity contribution in [3.05, 3.63) is 62.6 Å². The van der Waals surface area contributed by atoms with E-state index in [2.05, 4.69) is 55.8 Å². The molecular formula is C26H31BrO3. The van der Waals surface area contributed by atoms with Crippen LogP contribution in [0.2, 0.25) is 0 Å². The summed E-state index contributed by atoms with van der Waals surface area (Å²) >= 11 is 3.60. The Hall–Kier alpha value is -1.81. The van der Waals surface area contributed by atoms with Gasteiger partial charge in [0.2, 0.25) is 0 Å². The minimum atomic E-state index is -0.124. The molecule has 2 aliphatic rings. The van der Waals surface area contributed by atoms with Gasteiger partial charge in [0.15, 0.2) is 0 Å². The highest BCUT2D eigenvalue weighted by Gasteiger charge is 2.48. The van der Waals surface area contributed by atoms with Crippen molar-refractivity contribution in [1.82, 2.24) is 0 Å². The van der Waals surface area contributed by atoms with Gasteiger partial charge in [-0.1, -0.05) is 54.4 Å². The predicted octanol–water partition coefficient (Wildman–Crippen LogP) is 6.86. The fourth-order valence-electron chi connectivity index (χ4n) is 5.09. The Balaban J connectivity index is 1.63. The van der Waals surface area contributed by atoms with E-state index in [0.29, 0.717) is 12.5 Å². The first kappa shape index (κ1) is 21.4. The number of rotatable bonds is 6. The van der Waals surface area contributed by atoms with Crippen LogP contribution >= 0.6 is 15.9 Å². The van der Waals surface area contributed by atoms with Crippen LogP contribution in [-0.4, -0.2) is 5.97 Å². The van der Waals surface area contributed by atoms with Gasteiger partial charge in [0.1, 0.15) is 18.5 Å². The molecule has 30 heavy (non-hydrogen) atoms. The van der Waals surface area contributed by atoms with Crippen molar-refractivity contribution in [3.8, 4) is 5.75 Å². The van der Waals surface area contributed by atoms with E-state index in [0.717, 1.165) is 47.0 Å². The van der Waals surface area contributed by atoms with Crippen molar-refractivity contribution < 1.29 is 14.3 Å². The second-order valence-corrected chi connectivity index (χ2v) is 9.86. The molecule has 0 radical (unpaired) electrons. The van der Waals surface area contributed by atoms with Crippen LogP contribution in [0.3, 0.4) is 0 Å². The zero-order valence-electron chi connectivity index (χ0n) is 18.3. The Morgan fingerprint density at radius 2 is 2.03 bits per heavy atom. The van der Waals surface area contributed by atoms with E-state index in [9.17, 15) is 4.79 Å². The fraction of sp³-hybridized carbons (Fsp3) is 0.500. The summed E-state index contributed by atoms with van der Waals surface area (Å²) in [7, 11) is 0. The van der Waals surface area contributed by atoms with E-state index in [1.807, 2.05) is 18.2 Å². The Morgan fingerprint density at radius 3 is 2.77 bits per heavy atom. The maximum Gasteiger partial charge on any atom is 0.310 e. The first-order chi connectivity index (χ1) is 14.4. The van der Waals surface area contributed by atoms with Gasteiger partial charge in [0.05, 0.1) is 5.92 Å². The molecule has 1 fully saturated rings. The molecule has 4 atom stereocenters. The molecule has 160 valence electrons. The van der Waals surface area contributed by atoms with E-state index in [-0.39, 0.29) is 23.9 Å². The molecule has 0 spiro atoms. The van der Waals surface area contributed by atoms with Gasteiger partial charge < -0.3 is 9.47 Å². The minimum Gasteiger partial charge on any atom is -0.489 e. The number of carbonyl (C=O) groups excluding carboxylic acids is 1. The van der Waals surface area contributed by atoms with Crippen LogP contribution in [0.4, 0.5) is 0 Å². The van der Waals surface area contributed by atoms with E-state index < -0.39 is 0 Å². The van der Waals surface area contributed by atoms with Gasteiger partial charge in [0, 0.05) is 21.5 Å². The molecule has 3 unspecified atom stereocenters. The average Bonchev–Trinajstić information content (AvgIpc) is 3.05. The molecule has 4 rings (SSSR count). The lowest BCUT2D eigenvalue weighted by Crippen LogP contribution is -2.25. The summed E-state index contributed by atoms with van der Waals surface area (Å²) in [6.45, 7) is 9.20. The number of fused-ring (bicyclic) bond motifs is 3. The highest BCUT2D eigenvalue weighted by atomic mass is 79.9. The lowest BCUT2D eigenvalue weighted by molar-refractivity contribution is -0.145. The van der Waals surface area contributed by atoms with Crippen molar-refractivity contribution in [1.29, 1.82) is 0 Å². The van der Waals surface area contributed by atoms with Crippen LogP contribution in [0.25, 0.3) is 0 Å². The number of esters is 1. The molecule has 0 amide bonds. The average molecular weight is 471 g/mol. The van der Waals surface area contributed by atoms with E-state index in [1.165, 1.54) is 16.7 Å². The summed E-state index contributed by atoms with van der Waals surface area (Å²) < 4.78 is 13.3. The Labute approximate surface area is 188 Å². The summed E-state index contributed by atoms with van der Waals surface area (Å²) in [4.78, 5) is 12.8. The molecule has 1 saturated heterocycles. The Bertz CT molecular complexity index is 952. The van der Waals surface area contributed by atoms with Gasteiger partial charge >= 0.3 is 5.97 Å². The maximum atomic E-state index is 12.8. The number of halogens is 1. The smallest absolute Gasteiger partial charge is 0.310 e. The van der Waals surface area contributed by atoms with Gasteiger partial charge in [0.25, 0.3) is 0 Å². The fourth-order valence-corrected chi connectivity index (χ4v) is 5.49. The van der Waals surface area contributed by atoms with E-state index in [1.54, 1.807) is 0 Å². The van der Waals surface area contributed by atoms with Crippen molar-refractivity contribution >= 4 is 21.9 Å². The summed E-state index contributed by atoms with van der Waals surface area (Å²) in [5.41, 5.74) is 6.02. The molecule has 0 bridgehead atoms. The van der Waals surface area contributed by atoms with Gasteiger partial charge in [-0.15, -0.1) is 0 Å². The zero-order valence-corrected chi connectivity index (χ0v) is 19.9. The van der Waals surface area contributed by atoms with Gasteiger partial charge in [-0.2, -0.15) is 0 Å². The molecule has 3 nitrogen and oxygen atoms in total. The van der Waals surface area contributed by atoms with Gasteiger partial charge in [-0.25, -0.2) is 0 Å². The Kier molecular flexibility index (Phi) is 6.24. The third-order valence-corrected chi connectivity index (χ3v) is 7.85. The third kappa shape index (κ3) is 3.91. The summed E-state index contributed by atoms with van der Waals surface area (Å²) in [5, 5.41) is 0. The van der Waals surface area contributed by atoms with Gasteiger partial charge in [-0.3, -0.25) is 4.79 Å². The minimum absolute atomic E-state index is 0.00487. The van der Waals surface area contributed by atoms with E-state index >= 15 is 0 Å². The second kappa shape index (κ2) is 8.74. The number of hydrogen-bond donors (Lipinski definition) is 0. The SMILES string of the molecule is CCC(C)CC1C(=O)OC2c3c(C)c(OCc4ccccc4Br)cc(C)c3CC[C@@H]12. The van der Waals surface area contributed by atoms with Crippen molar-refractivity contribution in [2.24, 2.45) is 17.8 Å². The normalized spacial score (nSPS) is 23.5. The molecule has 4 heteroatoms. The van der Waals surface area contributed by atoms with Crippen molar-refractivity contribution in [2.75, 3.05) is 0 Å². The molecule has 0 saturated carbocycles. The number of aryl methyl sites for hydroxylation is 1. The lowest BCUT2D eigenvalue weighted by Gasteiger charge is -2.32. The maximum absolute atomic E-state index is 12.8. The molecule has 1 heterocycles. The zero-order chi connectivity index (χ0) is 21.4. The predicted molar refractivity (Wildman–Crippen MR) is 123 cm³/mol. The van der Waals surface area contributed by atoms with Crippen LogP contribution in [0.15, 0.2) is 34.8 Å². The largest absolute Gasteiger partial charge is 0.489 e. The van der Waals surface area contributed by atoms with Crippen LogP contribution in [0.1, 0.15) is 67.0 Å². The number of carbonyl (C=O) groups is 1. The van der Waals surface area contributed by atoms with Crippen LogP contribution in [-0.2, 0) is 22.6 Å². The van der Waals surface area contributed by atoms with E-state index in [4.69, 9.17) is 9.47 Å². The quantitative estimate of drug-likeness (QED) is 0.432. The van der Waals surface area contributed by atoms with Crippen LogP contribution < -0.4 is 4.74 Å². The number of hydrogen-bond acceptors (Lipinski definition) is 3. The standard InChI is InChI=1S/C26H31BrO3/c1-5-15(2)12-21-20-11-10-19-16(3)13-23(17(4)24(19)25(20)30-26(21)28)29-14-18-8-6-7-9-22(18)27/h6-9,13,15,20-21,25H,5,10-12,14H2,1-4H3/t15?,20-,21?,25?/m0/s1. The Morgan fingerprint density at radius 1 is 1.27 bits per heavy atom. The first-order valence-electron chi connectivity index (χ1n) is 11.1. The molecule has 1 aliphatic heterocycles. The molecule has 2 aromatic rings. The molecule has 0 aromatic heterocycles. The second-order valence-electron chi connectivity index (χ2n) is 9.00. The highest BCUT2D eigenvalue weighted by Crippen LogP contribution is 2.51. The van der Waals surface area contributed by atoms with Crippen molar-refractivity contribution in [3.63, 3.8) is 0 Å². The number of ether oxygens (including phenoxy) is 2. The monoisotopic (exact) mass is 470 g/mol. The molecular weight excluding hydrogens is 440 g/mol. The third-order valence-electron chi connectivity index (χ3n) is 7.08. The topological polar surface area (TPSA) is 35.5 Å². The van der Waals surface area contributed by atoms with Crippen LogP contribution in [0.5, 0.6) is 5.75 Å².